The Morgan fingerprint density at radius 1 is 1.06 bits per heavy atom. The van der Waals surface area contributed by atoms with Crippen molar-refractivity contribution in [3.05, 3.63) is 0 Å². The number of carbonyl (C=O) groups excluding carboxylic acids is 1. The zero-order valence-electron chi connectivity index (χ0n) is 9.94. The fraction of sp³-hybridized carbons (Fsp3) is 0.900. The molecular weight excluding hydrogens is 214 g/mol. The summed E-state index contributed by atoms with van der Waals surface area (Å²) in [6.45, 7) is 4.26. The summed E-state index contributed by atoms with van der Waals surface area (Å²) in [5.41, 5.74) is 5.30. The molecule has 0 aliphatic carbocycles. The van der Waals surface area contributed by atoms with Gasteiger partial charge in [0.25, 0.3) is 0 Å². The molecule has 0 radical (unpaired) electrons. The van der Waals surface area contributed by atoms with Gasteiger partial charge in [-0.25, -0.2) is 0 Å². The molecule has 2 N–H and O–H groups in total. The first-order chi connectivity index (χ1) is 7.68. The van der Waals surface area contributed by atoms with Gasteiger partial charge in [-0.05, 0) is 6.92 Å². The van der Waals surface area contributed by atoms with E-state index < -0.39 is 12.0 Å². The maximum absolute atomic E-state index is 10.9. The van der Waals surface area contributed by atoms with E-state index in [1.807, 2.05) is 0 Å². The van der Waals surface area contributed by atoms with Crippen molar-refractivity contribution in [2.24, 2.45) is 5.73 Å². The Labute approximate surface area is 96.0 Å². The Hall–Kier alpha value is -0.690. The van der Waals surface area contributed by atoms with Gasteiger partial charge in [-0.15, -0.1) is 0 Å². The summed E-state index contributed by atoms with van der Waals surface area (Å²) in [4.78, 5) is 10.9. The molecule has 0 bridgehead atoms. The van der Waals surface area contributed by atoms with Crippen LogP contribution in [0.1, 0.15) is 6.92 Å². The average Bonchev–Trinajstić information content (AvgIpc) is 2.26. The van der Waals surface area contributed by atoms with Crippen LogP contribution in [0.2, 0.25) is 0 Å². The van der Waals surface area contributed by atoms with Crippen LogP contribution in [0.3, 0.4) is 0 Å². The molecule has 0 unspecified atom stereocenters. The zero-order valence-corrected chi connectivity index (χ0v) is 9.94. The molecule has 1 atom stereocenters. The molecular formula is C10H21NO5. The highest BCUT2D eigenvalue weighted by molar-refractivity contribution is 5.74. The fourth-order valence-electron chi connectivity index (χ4n) is 0.797. The minimum Gasteiger partial charge on any atom is -0.462 e. The molecule has 0 aromatic rings. The van der Waals surface area contributed by atoms with Crippen molar-refractivity contribution in [1.82, 2.24) is 0 Å². The predicted octanol–water partition coefficient (Wildman–Crippen LogP) is -0.444. The quantitative estimate of drug-likeness (QED) is 0.408. The van der Waals surface area contributed by atoms with Crippen molar-refractivity contribution in [1.29, 1.82) is 0 Å². The monoisotopic (exact) mass is 235 g/mol. The molecule has 0 rings (SSSR count). The molecule has 0 heterocycles. The first-order valence-corrected chi connectivity index (χ1v) is 5.25. The molecule has 0 aromatic carbocycles. The smallest absolute Gasteiger partial charge is 0.322 e. The highest BCUT2D eigenvalue weighted by Crippen LogP contribution is 1.85. The molecule has 96 valence electrons. The lowest BCUT2D eigenvalue weighted by atomic mass is 10.4. The standard InChI is InChI=1S/C10H21NO5/c1-9(11)10(12)16-8-7-15-6-5-14-4-3-13-2/h9H,3-8,11H2,1-2H3/t9-/m0/s1. The summed E-state index contributed by atoms with van der Waals surface area (Å²) in [6, 6.07) is -0.586. The van der Waals surface area contributed by atoms with Crippen LogP contribution in [-0.2, 0) is 23.7 Å². The van der Waals surface area contributed by atoms with Crippen LogP contribution in [0.5, 0.6) is 0 Å². The Balaban J connectivity index is 3.07. The van der Waals surface area contributed by atoms with Crippen molar-refractivity contribution in [3.63, 3.8) is 0 Å². The molecule has 0 saturated carbocycles. The molecule has 0 amide bonds. The van der Waals surface area contributed by atoms with Crippen LogP contribution in [0, 0.1) is 0 Å². The lowest BCUT2D eigenvalue weighted by Gasteiger charge is -2.08. The number of esters is 1. The van der Waals surface area contributed by atoms with Crippen molar-refractivity contribution in [2.75, 3.05) is 46.8 Å². The zero-order chi connectivity index (χ0) is 12.2. The van der Waals surface area contributed by atoms with Gasteiger partial charge in [0.15, 0.2) is 0 Å². The summed E-state index contributed by atoms with van der Waals surface area (Å²) >= 11 is 0. The molecule has 0 aromatic heterocycles. The van der Waals surface area contributed by atoms with Gasteiger partial charge < -0.3 is 24.7 Å². The first kappa shape index (κ1) is 15.3. The highest BCUT2D eigenvalue weighted by Gasteiger charge is 2.07. The summed E-state index contributed by atoms with van der Waals surface area (Å²) in [6.07, 6.45) is 0. The molecule has 0 fully saturated rings. The van der Waals surface area contributed by atoms with E-state index in [4.69, 9.17) is 24.7 Å². The number of nitrogens with two attached hydrogens (primary N) is 1. The maximum Gasteiger partial charge on any atom is 0.322 e. The largest absolute Gasteiger partial charge is 0.462 e. The van der Waals surface area contributed by atoms with Crippen molar-refractivity contribution in [2.45, 2.75) is 13.0 Å². The van der Waals surface area contributed by atoms with Crippen molar-refractivity contribution in [3.8, 4) is 0 Å². The van der Waals surface area contributed by atoms with Crippen molar-refractivity contribution < 1.29 is 23.7 Å². The minimum absolute atomic E-state index is 0.221. The molecule has 6 heteroatoms. The van der Waals surface area contributed by atoms with E-state index in [1.54, 1.807) is 14.0 Å². The molecule has 6 nitrogen and oxygen atoms in total. The van der Waals surface area contributed by atoms with Gasteiger partial charge in [-0.1, -0.05) is 0 Å². The third kappa shape index (κ3) is 9.85. The Bertz CT molecular complexity index is 175. The normalized spacial score (nSPS) is 12.4. The van der Waals surface area contributed by atoms with Crippen LogP contribution < -0.4 is 5.73 Å². The number of methoxy groups -OCH3 is 1. The number of ether oxygens (including phenoxy) is 4. The fourth-order valence-corrected chi connectivity index (χ4v) is 0.797. The Morgan fingerprint density at radius 3 is 2.06 bits per heavy atom. The highest BCUT2D eigenvalue weighted by atomic mass is 16.6. The second-order valence-corrected chi connectivity index (χ2v) is 3.17. The lowest BCUT2D eigenvalue weighted by Crippen LogP contribution is -2.29. The summed E-state index contributed by atoms with van der Waals surface area (Å²) in [7, 11) is 1.62. The van der Waals surface area contributed by atoms with Crippen LogP contribution in [0.4, 0.5) is 0 Å². The van der Waals surface area contributed by atoms with Gasteiger partial charge in [0.1, 0.15) is 12.6 Å². The van der Waals surface area contributed by atoms with Crippen LogP contribution in [0.25, 0.3) is 0 Å². The third-order valence-corrected chi connectivity index (χ3v) is 1.65. The maximum atomic E-state index is 10.9. The number of hydrogen-bond acceptors (Lipinski definition) is 6. The van der Waals surface area contributed by atoms with E-state index in [2.05, 4.69) is 0 Å². The number of hydrogen-bond donors (Lipinski definition) is 1. The third-order valence-electron chi connectivity index (χ3n) is 1.65. The predicted molar refractivity (Wildman–Crippen MR) is 58.1 cm³/mol. The number of carbonyl (C=O) groups is 1. The summed E-state index contributed by atoms with van der Waals surface area (Å²) in [5, 5.41) is 0. The van der Waals surface area contributed by atoms with Gasteiger partial charge in [-0.3, -0.25) is 4.79 Å². The molecule has 16 heavy (non-hydrogen) atoms. The van der Waals surface area contributed by atoms with E-state index in [0.717, 1.165) is 0 Å². The topological polar surface area (TPSA) is 80.0 Å². The summed E-state index contributed by atoms with van der Waals surface area (Å²) < 4.78 is 19.9. The lowest BCUT2D eigenvalue weighted by molar-refractivity contribution is -0.146. The Morgan fingerprint density at radius 2 is 1.56 bits per heavy atom. The first-order valence-electron chi connectivity index (χ1n) is 5.25. The second-order valence-electron chi connectivity index (χ2n) is 3.17. The van der Waals surface area contributed by atoms with E-state index in [-0.39, 0.29) is 6.61 Å². The average molecular weight is 235 g/mol. The van der Waals surface area contributed by atoms with Gasteiger partial charge >= 0.3 is 5.97 Å². The SMILES string of the molecule is COCCOCCOCCOC(=O)[C@H](C)N. The van der Waals surface area contributed by atoms with Gasteiger partial charge in [0, 0.05) is 7.11 Å². The van der Waals surface area contributed by atoms with Crippen molar-refractivity contribution >= 4 is 5.97 Å². The van der Waals surface area contributed by atoms with Crippen LogP contribution in [-0.4, -0.2) is 58.8 Å². The van der Waals surface area contributed by atoms with Gasteiger partial charge in [0.05, 0.1) is 33.0 Å². The minimum atomic E-state index is -0.586. The van der Waals surface area contributed by atoms with Crippen LogP contribution >= 0.6 is 0 Å². The molecule has 0 aliphatic rings. The summed E-state index contributed by atoms with van der Waals surface area (Å²) in [5.74, 6) is -0.417. The molecule has 0 spiro atoms. The van der Waals surface area contributed by atoms with E-state index in [9.17, 15) is 4.79 Å². The molecule has 0 aliphatic heterocycles. The van der Waals surface area contributed by atoms with E-state index in [0.29, 0.717) is 33.0 Å². The van der Waals surface area contributed by atoms with Gasteiger partial charge in [0.2, 0.25) is 0 Å². The van der Waals surface area contributed by atoms with Crippen LogP contribution in [0.15, 0.2) is 0 Å². The Kier molecular flexibility index (Phi) is 10.3. The second kappa shape index (κ2) is 10.8. The number of rotatable bonds is 10. The molecule has 0 saturated heterocycles. The van der Waals surface area contributed by atoms with Gasteiger partial charge in [-0.2, -0.15) is 0 Å². The van der Waals surface area contributed by atoms with E-state index in [1.165, 1.54) is 0 Å². The van der Waals surface area contributed by atoms with E-state index >= 15 is 0 Å².